The van der Waals surface area contributed by atoms with Crippen molar-refractivity contribution in [3.8, 4) is 12.5 Å². The van der Waals surface area contributed by atoms with Gasteiger partial charge in [-0.2, -0.15) is 0 Å². The van der Waals surface area contributed by atoms with Crippen LogP contribution in [0.1, 0.15) is 6.42 Å². The highest BCUT2D eigenvalue weighted by molar-refractivity contribution is 6.14. The van der Waals surface area contributed by atoms with E-state index in [1.54, 1.807) is 0 Å². The van der Waals surface area contributed by atoms with Gasteiger partial charge in [-0.25, -0.2) is 4.90 Å². The van der Waals surface area contributed by atoms with Crippen molar-refractivity contribution in [1.29, 1.82) is 0 Å². The maximum Gasteiger partial charge on any atom is 0.268 e. The van der Waals surface area contributed by atoms with Crippen LogP contribution in [0.5, 0.6) is 0 Å². The number of amides is 2. The summed E-state index contributed by atoms with van der Waals surface area (Å²) in [4.78, 5) is 22.3. The molecule has 3 nitrogen and oxygen atoms in total. The van der Waals surface area contributed by atoms with Crippen molar-refractivity contribution < 1.29 is 9.59 Å². The molecule has 1 rings (SSSR count). The summed E-state index contributed by atoms with van der Waals surface area (Å²) in [5.74, 6) is -0.815. The fraction of sp³-hybridized carbons (Fsp3) is 0.143. The van der Waals surface area contributed by atoms with Crippen molar-refractivity contribution in [3.05, 3.63) is 12.2 Å². The number of carbonyl (C=O) groups is 2. The van der Waals surface area contributed by atoms with Crippen LogP contribution in [0, 0.1) is 12.5 Å². The van der Waals surface area contributed by atoms with Gasteiger partial charge in [0.25, 0.3) is 5.91 Å². The molecule has 0 bridgehead atoms. The zero-order valence-electron chi connectivity index (χ0n) is 5.26. The lowest BCUT2D eigenvalue weighted by Gasteiger charge is -1.99. The Bertz CT molecular complexity index is 259. The standard InChI is InChI=1S/C7H5NO2/c1-3-8-6(9)4-5(2)7(8)10/h1H,2,4H2. The summed E-state index contributed by atoms with van der Waals surface area (Å²) in [5.41, 5.74) is 0.267. The minimum atomic E-state index is -0.451. The minimum Gasteiger partial charge on any atom is -0.273 e. The van der Waals surface area contributed by atoms with Crippen molar-refractivity contribution in [1.82, 2.24) is 4.90 Å². The van der Waals surface area contributed by atoms with Crippen molar-refractivity contribution in [2.24, 2.45) is 0 Å². The Morgan fingerprint density at radius 1 is 1.60 bits per heavy atom. The summed E-state index contributed by atoms with van der Waals surface area (Å²) in [6, 6.07) is 1.97. The maximum absolute atomic E-state index is 10.8. The molecule has 0 unspecified atom stereocenters. The molecule has 0 aromatic carbocycles. The molecular weight excluding hydrogens is 130 g/mol. The number of terminal acetylenes is 1. The SMILES string of the molecule is C#CN1C(=O)CC(=C)C1=O. The normalized spacial score (nSPS) is 17.9. The van der Waals surface area contributed by atoms with Gasteiger partial charge < -0.3 is 0 Å². The average molecular weight is 135 g/mol. The van der Waals surface area contributed by atoms with E-state index >= 15 is 0 Å². The summed E-state index contributed by atoms with van der Waals surface area (Å²) in [6.07, 6.45) is 4.93. The van der Waals surface area contributed by atoms with Crippen LogP contribution in [0.2, 0.25) is 0 Å². The number of rotatable bonds is 0. The highest BCUT2D eigenvalue weighted by atomic mass is 16.2. The van der Waals surface area contributed by atoms with Crippen LogP contribution < -0.4 is 0 Å². The largest absolute Gasteiger partial charge is 0.273 e. The van der Waals surface area contributed by atoms with Gasteiger partial charge in [0.15, 0.2) is 0 Å². The third-order valence-corrected chi connectivity index (χ3v) is 1.25. The van der Waals surface area contributed by atoms with Crippen LogP contribution in [0.3, 0.4) is 0 Å². The van der Waals surface area contributed by atoms with Gasteiger partial charge in [0.2, 0.25) is 5.91 Å². The Morgan fingerprint density at radius 3 is 2.40 bits per heavy atom. The predicted molar refractivity (Wildman–Crippen MR) is 34.4 cm³/mol. The summed E-state index contributed by atoms with van der Waals surface area (Å²) in [6.45, 7) is 3.38. The Morgan fingerprint density at radius 2 is 2.20 bits per heavy atom. The number of nitrogens with zero attached hydrogens (tertiary/aromatic N) is 1. The average Bonchev–Trinajstić information content (AvgIpc) is 2.09. The molecule has 1 aliphatic rings. The van der Waals surface area contributed by atoms with E-state index in [0.717, 1.165) is 4.90 Å². The van der Waals surface area contributed by atoms with E-state index in [-0.39, 0.29) is 17.9 Å². The number of carbonyl (C=O) groups excluding carboxylic acids is 2. The molecule has 1 saturated heterocycles. The van der Waals surface area contributed by atoms with E-state index in [1.807, 2.05) is 6.04 Å². The molecule has 2 amide bonds. The second-order valence-corrected chi connectivity index (χ2v) is 1.94. The molecule has 1 fully saturated rings. The number of hydrogen-bond acceptors (Lipinski definition) is 2. The molecule has 0 radical (unpaired) electrons. The van der Waals surface area contributed by atoms with E-state index in [1.165, 1.54) is 0 Å². The monoisotopic (exact) mass is 135 g/mol. The first kappa shape index (κ1) is 6.56. The predicted octanol–water partition coefficient (Wildman–Crippen LogP) is -0.108. The molecule has 1 heterocycles. The highest BCUT2D eigenvalue weighted by Crippen LogP contribution is 2.14. The van der Waals surface area contributed by atoms with Gasteiger partial charge in [-0.05, 0) is 0 Å². The van der Waals surface area contributed by atoms with Gasteiger partial charge in [-0.1, -0.05) is 13.0 Å². The van der Waals surface area contributed by atoms with Gasteiger partial charge in [-0.15, -0.1) is 0 Å². The van der Waals surface area contributed by atoms with Gasteiger partial charge in [-0.3, -0.25) is 9.59 Å². The lowest BCUT2D eigenvalue weighted by atomic mass is 10.3. The lowest BCUT2D eigenvalue weighted by molar-refractivity contribution is -0.133. The summed E-state index contributed by atoms with van der Waals surface area (Å²) in [5, 5.41) is 0. The molecule has 1 aliphatic heterocycles. The van der Waals surface area contributed by atoms with Crippen molar-refractivity contribution in [3.63, 3.8) is 0 Å². The molecule has 0 spiro atoms. The van der Waals surface area contributed by atoms with Crippen LogP contribution in [-0.4, -0.2) is 16.7 Å². The van der Waals surface area contributed by atoms with E-state index in [4.69, 9.17) is 6.42 Å². The topological polar surface area (TPSA) is 37.4 Å². The summed E-state index contributed by atoms with van der Waals surface area (Å²) >= 11 is 0. The summed E-state index contributed by atoms with van der Waals surface area (Å²) in [7, 11) is 0. The summed E-state index contributed by atoms with van der Waals surface area (Å²) < 4.78 is 0. The smallest absolute Gasteiger partial charge is 0.268 e. The fourth-order valence-corrected chi connectivity index (χ4v) is 0.739. The number of likely N-dealkylation sites (tertiary alicyclic amines) is 1. The fourth-order valence-electron chi connectivity index (χ4n) is 0.739. The van der Waals surface area contributed by atoms with Gasteiger partial charge in [0, 0.05) is 11.6 Å². The molecule has 0 aromatic rings. The van der Waals surface area contributed by atoms with Crippen LogP contribution in [0.25, 0.3) is 0 Å². The first-order valence-electron chi connectivity index (χ1n) is 2.68. The number of hydrogen-bond donors (Lipinski definition) is 0. The van der Waals surface area contributed by atoms with Gasteiger partial charge >= 0.3 is 0 Å². The second-order valence-electron chi connectivity index (χ2n) is 1.94. The maximum atomic E-state index is 10.8. The van der Waals surface area contributed by atoms with E-state index in [9.17, 15) is 9.59 Å². The van der Waals surface area contributed by atoms with Crippen molar-refractivity contribution in [2.45, 2.75) is 6.42 Å². The van der Waals surface area contributed by atoms with Crippen molar-refractivity contribution in [2.75, 3.05) is 0 Å². The molecule has 0 N–H and O–H groups in total. The third kappa shape index (κ3) is 0.705. The van der Waals surface area contributed by atoms with Gasteiger partial charge in [0.05, 0.1) is 6.42 Å². The van der Waals surface area contributed by atoms with E-state index in [2.05, 4.69) is 6.58 Å². The second kappa shape index (κ2) is 1.99. The first-order chi connectivity index (χ1) is 4.66. The Kier molecular flexibility index (Phi) is 1.31. The van der Waals surface area contributed by atoms with E-state index < -0.39 is 5.91 Å². The van der Waals surface area contributed by atoms with Crippen LogP contribution in [0.4, 0.5) is 0 Å². The molecule has 0 aliphatic carbocycles. The highest BCUT2D eigenvalue weighted by Gasteiger charge is 2.30. The van der Waals surface area contributed by atoms with E-state index in [0.29, 0.717) is 0 Å². The van der Waals surface area contributed by atoms with Crippen LogP contribution in [-0.2, 0) is 9.59 Å². The zero-order valence-corrected chi connectivity index (χ0v) is 5.26. The Labute approximate surface area is 58.3 Å². The van der Waals surface area contributed by atoms with Crippen LogP contribution in [0.15, 0.2) is 12.2 Å². The lowest BCUT2D eigenvalue weighted by Crippen LogP contribution is -2.23. The minimum absolute atomic E-state index is 0.0586. The van der Waals surface area contributed by atoms with Crippen LogP contribution >= 0.6 is 0 Å². The Hall–Kier alpha value is -1.56. The molecular formula is C7H5NO2. The molecule has 10 heavy (non-hydrogen) atoms. The molecule has 0 saturated carbocycles. The quantitative estimate of drug-likeness (QED) is 0.264. The Balaban J connectivity index is 2.98. The molecule has 50 valence electrons. The third-order valence-electron chi connectivity index (χ3n) is 1.25. The zero-order chi connectivity index (χ0) is 7.72. The molecule has 0 aromatic heterocycles. The molecule has 0 atom stereocenters. The first-order valence-corrected chi connectivity index (χ1v) is 2.68. The molecule has 3 heteroatoms. The van der Waals surface area contributed by atoms with Crippen molar-refractivity contribution >= 4 is 11.8 Å². The number of imide groups is 1. The van der Waals surface area contributed by atoms with Gasteiger partial charge in [0.1, 0.15) is 0 Å².